The lowest BCUT2D eigenvalue weighted by atomic mass is 9.87. The van der Waals surface area contributed by atoms with Gasteiger partial charge >= 0.3 is 0 Å². The molecule has 1 aromatic heterocycles. The normalized spacial score (nSPS) is 12.3. The van der Waals surface area contributed by atoms with E-state index in [2.05, 4.69) is 4.98 Å². The lowest BCUT2D eigenvalue weighted by Gasteiger charge is -2.27. The summed E-state index contributed by atoms with van der Waals surface area (Å²) in [6, 6.07) is 12.9. The largest absolute Gasteiger partial charge is 0.329 e. The molecule has 2 aromatic carbocycles. The molecule has 0 bridgehead atoms. The third-order valence-corrected chi connectivity index (χ3v) is 4.42. The van der Waals surface area contributed by atoms with Gasteiger partial charge in [0.1, 0.15) is 17.5 Å². The summed E-state index contributed by atoms with van der Waals surface area (Å²) in [6.45, 7) is 10.6. The van der Waals surface area contributed by atoms with Gasteiger partial charge in [-0.15, -0.1) is 0 Å². The Morgan fingerprint density at radius 1 is 1.04 bits per heavy atom. The Balaban J connectivity index is 0.00000136. The van der Waals surface area contributed by atoms with Crippen LogP contribution in [0.5, 0.6) is 0 Å². The van der Waals surface area contributed by atoms with Crippen LogP contribution < -0.4 is 5.73 Å². The van der Waals surface area contributed by atoms with Crippen LogP contribution in [0.25, 0.3) is 11.3 Å². The van der Waals surface area contributed by atoms with Crippen LogP contribution in [0, 0.1) is 17.0 Å². The molecule has 0 aliphatic rings. The molecule has 3 aromatic rings. The van der Waals surface area contributed by atoms with E-state index in [1.54, 1.807) is 6.20 Å². The summed E-state index contributed by atoms with van der Waals surface area (Å²) in [5.41, 5.74) is 7.81. The molecule has 0 fully saturated rings. The van der Waals surface area contributed by atoms with Crippen molar-refractivity contribution < 1.29 is 8.78 Å². The third-order valence-electron chi connectivity index (χ3n) is 4.42. The Morgan fingerprint density at radius 2 is 1.68 bits per heavy atom. The highest BCUT2D eigenvalue weighted by Crippen LogP contribution is 2.32. The molecule has 0 spiro atoms. The predicted octanol–water partition coefficient (Wildman–Crippen LogP) is 5.95. The first-order valence-electron chi connectivity index (χ1n) is 9.57. The van der Waals surface area contributed by atoms with Crippen LogP contribution in [0.3, 0.4) is 0 Å². The van der Waals surface area contributed by atoms with Crippen molar-refractivity contribution in [1.82, 2.24) is 9.55 Å². The number of rotatable bonds is 4. The smallest absolute Gasteiger partial charge is 0.132 e. The first-order valence-corrected chi connectivity index (χ1v) is 9.57. The van der Waals surface area contributed by atoms with E-state index in [1.165, 1.54) is 0 Å². The molecule has 0 radical (unpaired) electrons. The van der Waals surface area contributed by atoms with Crippen molar-refractivity contribution in [2.24, 2.45) is 11.1 Å². The van der Waals surface area contributed by atoms with Gasteiger partial charge in [0, 0.05) is 18.3 Å². The summed E-state index contributed by atoms with van der Waals surface area (Å²) in [7, 11) is 0. The highest BCUT2D eigenvalue weighted by molar-refractivity contribution is 5.59. The third kappa shape index (κ3) is 5.04. The predicted molar refractivity (Wildman–Crippen MR) is 111 cm³/mol. The van der Waals surface area contributed by atoms with E-state index in [9.17, 15) is 8.78 Å². The standard InChI is InChI=1S/C21H23F2N3.C2H6/c1-21(2,3)19(24)20-25-18(16-11-15(22)9-10-17(16)23)13-26(20)12-14-7-5-4-6-8-14;1-2/h4-11,13,19H,12,24H2,1-3H3;1-2H3. The summed E-state index contributed by atoms with van der Waals surface area (Å²) in [5, 5.41) is 0. The molecular weight excluding hydrogens is 356 g/mol. The van der Waals surface area contributed by atoms with Gasteiger partial charge in [-0.1, -0.05) is 65.0 Å². The number of aromatic nitrogens is 2. The molecule has 0 saturated carbocycles. The molecule has 0 aliphatic heterocycles. The zero-order chi connectivity index (χ0) is 20.9. The van der Waals surface area contributed by atoms with Gasteiger partial charge in [0.25, 0.3) is 0 Å². The number of nitrogens with zero attached hydrogens (tertiary/aromatic N) is 2. The first kappa shape index (κ1) is 21.8. The average molecular weight is 386 g/mol. The molecule has 1 heterocycles. The number of hydrogen-bond donors (Lipinski definition) is 1. The lowest BCUT2D eigenvalue weighted by Crippen LogP contribution is -2.29. The molecule has 1 atom stereocenters. The summed E-state index contributed by atoms with van der Waals surface area (Å²) >= 11 is 0. The summed E-state index contributed by atoms with van der Waals surface area (Å²) < 4.78 is 29.7. The molecule has 0 saturated heterocycles. The molecule has 1 unspecified atom stereocenters. The van der Waals surface area contributed by atoms with Gasteiger partial charge < -0.3 is 10.3 Å². The van der Waals surface area contributed by atoms with Crippen molar-refractivity contribution in [3.8, 4) is 11.3 Å². The van der Waals surface area contributed by atoms with E-state index in [0.29, 0.717) is 18.1 Å². The molecule has 28 heavy (non-hydrogen) atoms. The molecule has 5 heteroatoms. The zero-order valence-electron chi connectivity index (χ0n) is 17.2. The van der Waals surface area contributed by atoms with Gasteiger partial charge in [-0.3, -0.25) is 0 Å². The van der Waals surface area contributed by atoms with E-state index < -0.39 is 11.6 Å². The minimum atomic E-state index is -0.508. The number of halogens is 2. The minimum Gasteiger partial charge on any atom is -0.329 e. The van der Waals surface area contributed by atoms with Crippen LogP contribution in [0.1, 0.15) is 52.0 Å². The maximum absolute atomic E-state index is 14.2. The van der Waals surface area contributed by atoms with Gasteiger partial charge in [-0.05, 0) is 29.2 Å². The molecule has 0 amide bonds. The van der Waals surface area contributed by atoms with Crippen LogP contribution in [-0.4, -0.2) is 9.55 Å². The van der Waals surface area contributed by atoms with Crippen molar-refractivity contribution in [2.75, 3.05) is 0 Å². The van der Waals surface area contributed by atoms with E-state index in [4.69, 9.17) is 5.73 Å². The number of hydrogen-bond acceptors (Lipinski definition) is 2. The Hall–Kier alpha value is -2.53. The minimum absolute atomic E-state index is 0.138. The summed E-state index contributed by atoms with van der Waals surface area (Å²) in [5.74, 6) is -0.354. The second kappa shape index (κ2) is 9.11. The SMILES string of the molecule is CC.CC(C)(C)C(N)c1nc(-c2cc(F)ccc2F)cn1Cc1ccccc1. The molecule has 3 nitrogen and oxygen atoms in total. The fourth-order valence-corrected chi connectivity index (χ4v) is 2.80. The van der Waals surface area contributed by atoms with Crippen LogP contribution in [0.4, 0.5) is 8.78 Å². The second-order valence-corrected chi connectivity index (χ2v) is 7.57. The molecule has 150 valence electrons. The van der Waals surface area contributed by atoms with Gasteiger partial charge in [0.05, 0.1) is 11.7 Å². The first-order chi connectivity index (χ1) is 13.3. The Bertz CT molecular complexity index is 896. The van der Waals surface area contributed by atoms with Crippen molar-refractivity contribution >= 4 is 0 Å². The molecule has 2 N–H and O–H groups in total. The van der Waals surface area contributed by atoms with Gasteiger partial charge in [-0.2, -0.15) is 0 Å². The van der Waals surface area contributed by atoms with Gasteiger partial charge in [0.15, 0.2) is 0 Å². The lowest BCUT2D eigenvalue weighted by molar-refractivity contribution is 0.309. The van der Waals surface area contributed by atoms with Crippen molar-refractivity contribution in [2.45, 2.75) is 47.2 Å². The maximum Gasteiger partial charge on any atom is 0.132 e. The van der Waals surface area contributed by atoms with Crippen molar-refractivity contribution in [1.29, 1.82) is 0 Å². The number of benzene rings is 2. The number of imidazole rings is 1. The molecule has 3 rings (SSSR count). The fraction of sp³-hybridized carbons (Fsp3) is 0.348. The highest BCUT2D eigenvalue weighted by atomic mass is 19.1. The fourth-order valence-electron chi connectivity index (χ4n) is 2.80. The van der Waals surface area contributed by atoms with Crippen LogP contribution in [0.15, 0.2) is 54.7 Å². The molecular formula is C23H29F2N3. The van der Waals surface area contributed by atoms with E-state index in [0.717, 1.165) is 23.8 Å². The highest BCUT2D eigenvalue weighted by Gasteiger charge is 2.27. The topological polar surface area (TPSA) is 43.8 Å². The van der Waals surface area contributed by atoms with E-state index >= 15 is 0 Å². The van der Waals surface area contributed by atoms with E-state index in [1.807, 2.05) is 69.5 Å². The second-order valence-electron chi connectivity index (χ2n) is 7.57. The van der Waals surface area contributed by atoms with Crippen molar-refractivity contribution in [3.05, 3.63) is 77.8 Å². The summed E-state index contributed by atoms with van der Waals surface area (Å²) in [4.78, 5) is 4.58. The zero-order valence-corrected chi connectivity index (χ0v) is 17.2. The van der Waals surface area contributed by atoms with Crippen LogP contribution in [0.2, 0.25) is 0 Å². The van der Waals surface area contributed by atoms with Crippen LogP contribution >= 0.6 is 0 Å². The molecule has 0 aliphatic carbocycles. The summed E-state index contributed by atoms with van der Waals surface area (Å²) in [6.07, 6.45) is 1.74. The van der Waals surface area contributed by atoms with Gasteiger partial charge in [-0.25, -0.2) is 13.8 Å². The van der Waals surface area contributed by atoms with Crippen LogP contribution in [-0.2, 0) is 6.54 Å². The Morgan fingerprint density at radius 3 is 2.29 bits per heavy atom. The van der Waals surface area contributed by atoms with E-state index in [-0.39, 0.29) is 17.0 Å². The number of nitrogens with two attached hydrogens (primary N) is 1. The maximum atomic E-state index is 14.2. The Kier molecular flexibility index (Phi) is 7.08. The Labute approximate surface area is 166 Å². The monoisotopic (exact) mass is 385 g/mol. The van der Waals surface area contributed by atoms with Gasteiger partial charge in [0.2, 0.25) is 0 Å². The quantitative estimate of drug-likeness (QED) is 0.603. The van der Waals surface area contributed by atoms with Crippen molar-refractivity contribution in [3.63, 3.8) is 0 Å². The average Bonchev–Trinajstić information content (AvgIpc) is 3.08.